The summed E-state index contributed by atoms with van der Waals surface area (Å²) in [4.78, 5) is 14.3. The fraction of sp³-hybridized carbons (Fsp3) is 0.424. The Morgan fingerprint density at radius 3 is 2.49 bits per heavy atom. The number of allylic oxidation sites excluding steroid dienone is 2. The zero-order valence-electron chi connectivity index (χ0n) is 22.6. The first-order valence-corrected chi connectivity index (χ1v) is 13.7. The number of ketones is 1. The number of carbonyl (C=O) groups excluding carboxylic acids is 1. The number of anilines is 1. The zero-order valence-corrected chi connectivity index (χ0v) is 22.6. The van der Waals surface area contributed by atoms with Crippen LogP contribution in [-0.2, 0) is 9.53 Å². The fourth-order valence-electron chi connectivity index (χ4n) is 7.32. The second kappa shape index (κ2) is 9.34. The number of ether oxygens (including phenoxy) is 1. The Bertz CT molecular complexity index is 1440. The number of hydrogen-bond donors (Lipinski definition) is 1. The van der Waals surface area contributed by atoms with Crippen molar-refractivity contribution in [3.63, 3.8) is 0 Å². The highest BCUT2D eigenvalue weighted by Crippen LogP contribution is 2.64. The van der Waals surface area contributed by atoms with Crippen LogP contribution in [0, 0.1) is 34.8 Å². The predicted molar refractivity (Wildman–Crippen MR) is 146 cm³/mol. The molecule has 0 unspecified atom stereocenters. The lowest BCUT2D eigenvalue weighted by molar-refractivity contribution is -0.119. The smallest absolute Gasteiger partial charge is 0.137 e. The van der Waals surface area contributed by atoms with Crippen molar-refractivity contribution < 1.29 is 23.4 Å². The zero-order chi connectivity index (χ0) is 27.5. The van der Waals surface area contributed by atoms with Crippen LogP contribution < -0.4 is 4.90 Å². The number of nitrogens with zero attached hydrogens (tertiary/aromatic N) is 1. The second-order valence-electron chi connectivity index (χ2n) is 11.9. The number of carbonyl (C=O) groups is 1. The first-order chi connectivity index (χ1) is 18.6. The van der Waals surface area contributed by atoms with E-state index < -0.39 is 22.7 Å². The topological polar surface area (TPSA) is 49.8 Å². The van der Waals surface area contributed by atoms with E-state index in [2.05, 4.69) is 47.9 Å². The molecule has 5 atom stereocenters. The molecule has 39 heavy (non-hydrogen) atoms. The van der Waals surface area contributed by atoms with Crippen LogP contribution in [0.15, 0.2) is 65.4 Å². The van der Waals surface area contributed by atoms with E-state index in [1.807, 2.05) is 14.1 Å². The molecule has 3 fully saturated rings. The summed E-state index contributed by atoms with van der Waals surface area (Å²) in [6.07, 6.45) is 5.02. The third-order valence-electron chi connectivity index (χ3n) is 9.48. The van der Waals surface area contributed by atoms with Gasteiger partial charge < -0.3 is 14.7 Å². The van der Waals surface area contributed by atoms with Gasteiger partial charge in [-0.2, -0.15) is 0 Å². The van der Waals surface area contributed by atoms with Crippen LogP contribution in [0.2, 0.25) is 0 Å². The van der Waals surface area contributed by atoms with Gasteiger partial charge in [-0.25, -0.2) is 8.78 Å². The van der Waals surface area contributed by atoms with Crippen molar-refractivity contribution in [1.29, 1.82) is 0 Å². The predicted octanol–water partition coefficient (Wildman–Crippen LogP) is 6.05. The van der Waals surface area contributed by atoms with Gasteiger partial charge in [-0.1, -0.05) is 30.9 Å². The summed E-state index contributed by atoms with van der Waals surface area (Å²) in [7, 11) is 4.02. The lowest BCUT2D eigenvalue weighted by Gasteiger charge is -2.52. The van der Waals surface area contributed by atoms with Gasteiger partial charge >= 0.3 is 0 Å². The molecule has 0 aromatic heterocycles. The highest BCUT2D eigenvalue weighted by atomic mass is 19.1. The molecule has 1 N–H and O–H groups in total. The standard InChI is InChI=1S/C33H33F2NO3/c1-32-18-28(21-4-6-25(7-5-21)36(2)3)30-27-9-8-26(37)16-22(27)19-39-31(30)29(32)11-13-33(32,38)12-10-20-14-23(34)17-24(35)15-20/h4-7,14-15,17,19,28-29,31,38H,8-9,11,13,16,18H2,1-3H3/t28-,29+,31+,32+,33+/m1/s1. The summed E-state index contributed by atoms with van der Waals surface area (Å²) in [6.45, 7) is 2.08. The molecule has 0 saturated heterocycles. The van der Waals surface area contributed by atoms with E-state index in [1.165, 1.54) is 23.3 Å². The quantitative estimate of drug-likeness (QED) is 0.482. The Kier molecular flexibility index (Phi) is 6.19. The fourth-order valence-corrected chi connectivity index (χ4v) is 7.32. The molecule has 4 aliphatic rings. The summed E-state index contributed by atoms with van der Waals surface area (Å²) in [5, 5.41) is 12.1. The lowest BCUT2D eigenvalue weighted by Crippen LogP contribution is -2.53. The first kappa shape index (κ1) is 25.8. The highest BCUT2D eigenvalue weighted by Gasteiger charge is 2.63. The van der Waals surface area contributed by atoms with E-state index in [4.69, 9.17) is 4.74 Å². The van der Waals surface area contributed by atoms with Crippen LogP contribution in [-0.4, -0.2) is 36.7 Å². The van der Waals surface area contributed by atoms with Crippen molar-refractivity contribution in [2.24, 2.45) is 11.3 Å². The molecular formula is C33H33F2NO3. The van der Waals surface area contributed by atoms with Crippen LogP contribution in [0.5, 0.6) is 0 Å². The molecule has 4 nitrogen and oxygen atoms in total. The minimum Gasteiger partial charge on any atom is -0.493 e. The Morgan fingerprint density at radius 2 is 1.79 bits per heavy atom. The first-order valence-electron chi connectivity index (χ1n) is 13.7. The van der Waals surface area contributed by atoms with Gasteiger partial charge in [-0.05, 0) is 72.2 Å². The van der Waals surface area contributed by atoms with Crippen LogP contribution in [0.25, 0.3) is 0 Å². The SMILES string of the molecule is CN(C)c1ccc([C@H]2C[C@@]3(C)[C@@H](CC[C@@]3(O)C#Cc3cc(F)cc(F)c3)[C@@H]3OC=C4CC(=O)CCC4=C32)cc1. The highest BCUT2D eigenvalue weighted by molar-refractivity contribution is 5.84. The monoisotopic (exact) mass is 529 g/mol. The molecule has 2 aromatic carbocycles. The molecule has 1 aliphatic heterocycles. The second-order valence-corrected chi connectivity index (χ2v) is 11.9. The van der Waals surface area contributed by atoms with Crippen LogP contribution >= 0.6 is 0 Å². The van der Waals surface area contributed by atoms with Gasteiger partial charge in [0.1, 0.15) is 29.1 Å². The van der Waals surface area contributed by atoms with Gasteiger partial charge in [0.25, 0.3) is 0 Å². The van der Waals surface area contributed by atoms with Crippen molar-refractivity contribution >= 4 is 11.5 Å². The van der Waals surface area contributed by atoms with Crippen LogP contribution in [0.4, 0.5) is 14.5 Å². The molecule has 202 valence electrons. The molecular weight excluding hydrogens is 496 g/mol. The van der Waals surface area contributed by atoms with Crippen molar-refractivity contribution in [3.8, 4) is 11.8 Å². The third-order valence-corrected chi connectivity index (χ3v) is 9.48. The Hall–Kier alpha value is -3.43. The van der Waals surface area contributed by atoms with Crippen molar-refractivity contribution in [3.05, 3.63) is 88.2 Å². The van der Waals surface area contributed by atoms with E-state index in [1.54, 1.807) is 6.26 Å². The number of aliphatic hydroxyl groups is 1. The molecule has 3 saturated carbocycles. The Morgan fingerprint density at radius 1 is 1.08 bits per heavy atom. The number of hydrogen-bond acceptors (Lipinski definition) is 4. The maximum Gasteiger partial charge on any atom is 0.137 e. The minimum absolute atomic E-state index is 0.0104. The molecule has 0 spiro atoms. The van der Waals surface area contributed by atoms with Crippen molar-refractivity contribution in [1.82, 2.24) is 0 Å². The maximum absolute atomic E-state index is 13.8. The number of rotatable bonds is 2. The molecule has 0 bridgehead atoms. The van der Waals surface area contributed by atoms with Gasteiger partial charge in [0, 0.05) is 61.5 Å². The molecule has 0 radical (unpaired) electrons. The normalized spacial score (nSPS) is 31.3. The Labute approximate surface area is 228 Å². The number of benzene rings is 2. The van der Waals surface area contributed by atoms with Crippen LogP contribution in [0.1, 0.15) is 62.5 Å². The largest absolute Gasteiger partial charge is 0.493 e. The summed E-state index contributed by atoms with van der Waals surface area (Å²) in [5.41, 5.74) is 3.94. The van der Waals surface area contributed by atoms with E-state index in [0.29, 0.717) is 32.1 Å². The molecule has 1 heterocycles. The lowest BCUT2D eigenvalue weighted by atomic mass is 9.55. The van der Waals surface area contributed by atoms with E-state index in [9.17, 15) is 18.7 Å². The molecule has 3 aliphatic carbocycles. The van der Waals surface area contributed by atoms with Gasteiger partial charge in [-0.15, -0.1) is 0 Å². The average molecular weight is 530 g/mol. The molecule has 6 rings (SSSR count). The number of Topliss-reactive ketones (excluding diaryl/α,β-unsaturated/α-hetero) is 1. The average Bonchev–Trinajstić information content (AvgIpc) is 3.16. The summed E-state index contributed by atoms with van der Waals surface area (Å²) >= 11 is 0. The minimum atomic E-state index is -1.35. The summed E-state index contributed by atoms with van der Waals surface area (Å²) in [6, 6.07) is 11.7. The molecule has 0 amide bonds. The van der Waals surface area contributed by atoms with Crippen molar-refractivity contribution in [2.75, 3.05) is 19.0 Å². The summed E-state index contributed by atoms with van der Waals surface area (Å²) in [5.74, 6) is 4.77. The Balaban J connectivity index is 1.44. The maximum atomic E-state index is 13.8. The van der Waals surface area contributed by atoms with E-state index in [-0.39, 0.29) is 29.3 Å². The molecule has 2 aromatic rings. The van der Waals surface area contributed by atoms with Crippen LogP contribution in [0.3, 0.4) is 0 Å². The van der Waals surface area contributed by atoms with Gasteiger partial charge in [0.05, 0.1) is 6.26 Å². The van der Waals surface area contributed by atoms with Crippen molar-refractivity contribution in [2.45, 2.75) is 63.1 Å². The number of halogens is 2. The number of fused-ring (bicyclic) bond motifs is 4. The van der Waals surface area contributed by atoms with E-state index in [0.717, 1.165) is 29.3 Å². The van der Waals surface area contributed by atoms with Gasteiger partial charge in [0.2, 0.25) is 0 Å². The molecule has 6 heteroatoms. The van der Waals surface area contributed by atoms with Gasteiger partial charge in [0.15, 0.2) is 0 Å². The van der Waals surface area contributed by atoms with Gasteiger partial charge in [-0.3, -0.25) is 4.79 Å². The summed E-state index contributed by atoms with van der Waals surface area (Å²) < 4.78 is 34.1. The van der Waals surface area contributed by atoms with E-state index >= 15 is 0 Å². The third kappa shape index (κ3) is 4.28.